The number of halogens is 1. The fourth-order valence-corrected chi connectivity index (χ4v) is 3.85. The predicted octanol–water partition coefficient (Wildman–Crippen LogP) is 3.32. The van der Waals surface area contributed by atoms with Crippen LogP contribution in [0.5, 0.6) is 5.75 Å². The van der Waals surface area contributed by atoms with Gasteiger partial charge >= 0.3 is 0 Å². The zero-order valence-electron chi connectivity index (χ0n) is 17.6. The number of amides is 2. The summed E-state index contributed by atoms with van der Waals surface area (Å²) in [6.07, 6.45) is 3.75. The molecule has 0 atom stereocenters. The van der Waals surface area contributed by atoms with Crippen LogP contribution in [0.15, 0.2) is 59.3 Å². The van der Waals surface area contributed by atoms with Crippen LogP contribution in [-0.4, -0.2) is 62.0 Å². The molecule has 9 heteroatoms. The Labute approximate surface area is 190 Å². The third kappa shape index (κ3) is 4.70. The second-order valence-corrected chi connectivity index (χ2v) is 7.71. The molecule has 0 saturated carbocycles. The summed E-state index contributed by atoms with van der Waals surface area (Å²) in [5.74, 6) is 1.03. The Morgan fingerprint density at radius 3 is 2.56 bits per heavy atom. The average Bonchev–Trinajstić information content (AvgIpc) is 3.38. The summed E-state index contributed by atoms with van der Waals surface area (Å²) in [5, 5.41) is 0.562. The van der Waals surface area contributed by atoms with Gasteiger partial charge in [0.25, 0.3) is 0 Å². The molecule has 1 aromatic heterocycles. The van der Waals surface area contributed by atoms with Crippen molar-refractivity contribution in [3.05, 3.63) is 59.9 Å². The van der Waals surface area contributed by atoms with Crippen LogP contribution in [0.3, 0.4) is 0 Å². The van der Waals surface area contributed by atoms with Gasteiger partial charge < -0.3 is 23.9 Å². The summed E-state index contributed by atoms with van der Waals surface area (Å²) < 4.78 is 10.6. The molecule has 3 aromatic rings. The van der Waals surface area contributed by atoms with E-state index in [1.54, 1.807) is 42.5 Å². The summed E-state index contributed by atoms with van der Waals surface area (Å²) in [4.78, 5) is 33.9. The summed E-state index contributed by atoms with van der Waals surface area (Å²) >= 11 is 6.11. The Balaban J connectivity index is 1.35. The molecule has 2 heterocycles. The number of hydrogen-bond donors (Lipinski definition) is 0. The summed E-state index contributed by atoms with van der Waals surface area (Å²) in [6, 6.07) is 12.8. The molecular formula is C23H23ClN4O4. The van der Waals surface area contributed by atoms with Crippen molar-refractivity contribution in [3.63, 3.8) is 0 Å². The van der Waals surface area contributed by atoms with Crippen molar-refractivity contribution in [2.75, 3.05) is 49.6 Å². The Kier molecular flexibility index (Phi) is 6.61. The summed E-state index contributed by atoms with van der Waals surface area (Å²) in [5.41, 5.74) is 2.43. The molecule has 0 N–H and O–H groups in total. The lowest BCUT2D eigenvalue weighted by Crippen LogP contribution is -2.51. The molecule has 166 valence electrons. The number of benzene rings is 2. The third-order valence-corrected chi connectivity index (χ3v) is 5.76. The number of oxazole rings is 1. The Morgan fingerprint density at radius 1 is 1.19 bits per heavy atom. The van der Waals surface area contributed by atoms with E-state index in [4.69, 9.17) is 20.8 Å². The van der Waals surface area contributed by atoms with Crippen LogP contribution < -0.4 is 14.5 Å². The zero-order valence-corrected chi connectivity index (χ0v) is 18.4. The standard InChI is InChI=1S/C23H23ClN4O4/c1-31-21-14-19(6-7-20(21)24)26-9-11-27(12-10-26)22(30)15-28(16-29)18-4-2-17(3-5-18)23-25-8-13-32-23/h2-8,13-14,16H,9-12,15H2,1H3. The molecule has 0 bridgehead atoms. The van der Waals surface area contributed by atoms with Gasteiger partial charge in [-0.2, -0.15) is 0 Å². The van der Waals surface area contributed by atoms with Gasteiger partial charge in [-0.1, -0.05) is 11.6 Å². The average molecular weight is 455 g/mol. The van der Waals surface area contributed by atoms with Crippen molar-refractivity contribution in [2.45, 2.75) is 0 Å². The first kappa shape index (κ1) is 21.7. The smallest absolute Gasteiger partial charge is 0.242 e. The van der Waals surface area contributed by atoms with Crippen LogP contribution in [-0.2, 0) is 9.59 Å². The van der Waals surface area contributed by atoms with Crippen LogP contribution in [0, 0.1) is 0 Å². The molecule has 32 heavy (non-hydrogen) atoms. The van der Waals surface area contributed by atoms with E-state index in [9.17, 15) is 9.59 Å². The molecule has 1 saturated heterocycles. The number of aromatic nitrogens is 1. The van der Waals surface area contributed by atoms with Crippen LogP contribution in [0.25, 0.3) is 11.5 Å². The van der Waals surface area contributed by atoms with E-state index in [1.165, 1.54) is 11.2 Å². The fourth-order valence-electron chi connectivity index (χ4n) is 3.66. The SMILES string of the molecule is COc1cc(N2CCN(C(=O)CN(C=O)c3ccc(-c4ncco4)cc3)CC2)ccc1Cl. The number of anilines is 2. The van der Waals surface area contributed by atoms with Gasteiger partial charge in [0, 0.05) is 49.2 Å². The fraction of sp³-hybridized carbons (Fsp3) is 0.261. The largest absolute Gasteiger partial charge is 0.495 e. The number of hydrogen-bond acceptors (Lipinski definition) is 6. The van der Waals surface area contributed by atoms with Crippen LogP contribution in [0.2, 0.25) is 5.02 Å². The molecule has 0 unspecified atom stereocenters. The van der Waals surface area contributed by atoms with E-state index in [2.05, 4.69) is 9.88 Å². The number of nitrogens with zero attached hydrogens (tertiary/aromatic N) is 4. The monoisotopic (exact) mass is 454 g/mol. The summed E-state index contributed by atoms with van der Waals surface area (Å²) in [6.45, 7) is 2.49. The van der Waals surface area contributed by atoms with Gasteiger partial charge in [0.15, 0.2) is 0 Å². The van der Waals surface area contributed by atoms with Gasteiger partial charge in [-0.05, 0) is 36.4 Å². The number of carbonyl (C=O) groups excluding carboxylic acids is 2. The van der Waals surface area contributed by atoms with Gasteiger partial charge in [0.05, 0.1) is 18.3 Å². The van der Waals surface area contributed by atoms with Crippen molar-refractivity contribution < 1.29 is 18.7 Å². The third-order valence-electron chi connectivity index (χ3n) is 5.44. The molecule has 0 radical (unpaired) electrons. The van der Waals surface area contributed by atoms with Crippen molar-refractivity contribution in [1.82, 2.24) is 9.88 Å². The highest BCUT2D eigenvalue weighted by Gasteiger charge is 2.23. The first-order valence-corrected chi connectivity index (χ1v) is 10.5. The number of piperazine rings is 1. The van der Waals surface area contributed by atoms with Crippen LogP contribution in [0.1, 0.15) is 0 Å². The molecule has 4 rings (SSSR count). The minimum Gasteiger partial charge on any atom is -0.495 e. The Bertz CT molecular complexity index is 1060. The Hall–Kier alpha value is -3.52. The lowest BCUT2D eigenvalue weighted by molar-refractivity contribution is -0.130. The molecule has 0 spiro atoms. The molecule has 0 aliphatic carbocycles. The van der Waals surface area contributed by atoms with Crippen LogP contribution in [0.4, 0.5) is 11.4 Å². The lowest BCUT2D eigenvalue weighted by Gasteiger charge is -2.36. The van der Waals surface area contributed by atoms with Gasteiger partial charge in [0.1, 0.15) is 18.6 Å². The Morgan fingerprint density at radius 2 is 1.94 bits per heavy atom. The number of ether oxygens (including phenoxy) is 1. The second-order valence-electron chi connectivity index (χ2n) is 7.30. The maximum absolute atomic E-state index is 12.8. The zero-order chi connectivity index (χ0) is 22.5. The maximum atomic E-state index is 12.8. The second kappa shape index (κ2) is 9.74. The normalized spacial score (nSPS) is 13.7. The van der Waals surface area contributed by atoms with Gasteiger partial charge in [-0.25, -0.2) is 4.98 Å². The first-order chi connectivity index (χ1) is 15.6. The molecular weight excluding hydrogens is 432 g/mol. The maximum Gasteiger partial charge on any atom is 0.242 e. The highest BCUT2D eigenvalue weighted by molar-refractivity contribution is 6.32. The molecule has 1 aliphatic heterocycles. The number of rotatable bonds is 7. The van der Waals surface area contributed by atoms with Gasteiger partial charge in [0.2, 0.25) is 18.2 Å². The van der Waals surface area contributed by atoms with E-state index in [-0.39, 0.29) is 12.5 Å². The van der Waals surface area contributed by atoms with Gasteiger partial charge in [-0.15, -0.1) is 0 Å². The first-order valence-electron chi connectivity index (χ1n) is 10.2. The number of carbonyl (C=O) groups is 2. The van der Waals surface area contributed by atoms with Crippen molar-refractivity contribution >= 4 is 35.3 Å². The predicted molar refractivity (Wildman–Crippen MR) is 122 cm³/mol. The molecule has 2 amide bonds. The van der Waals surface area contributed by atoms with Crippen LogP contribution >= 0.6 is 11.6 Å². The lowest BCUT2D eigenvalue weighted by atomic mass is 10.2. The molecule has 1 fully saturated rings. The quantitative estimate of drug-likeness (QED) is 0.509. The van der Waals surface area contributed by atoms with Gasteiger partial charge in [-0.3, -0.25) is 9.59 Å². The molecule has 2 aromatic carbocycles. The van der Waals surface area contributed by atoms with E-state index in [1.807, 2.05) is 18.2 Å². The van der Waals surface area contributed by atoms with E-state index >= 15 is 0 Å². The van der Waals surface area contributed by atoms with E-state index in [0.717, 1.165) is 11.3 Å². The van der Waals surface area contributed by atoms with E-state index < -0.39 is 0 Å². The summed E-state index contributed by atoms with van der Waals surface area (Å²) in [7, 11) is 1.59. The van der Waals surface area contributed by atoms with Crippen molar-refractivity contribution in [1.29, 1.82) is 0 Å². The topological polar surface area (TPSA) is 79.1 Å². The minimum absolute atomic E-state index is 0.0172. The highest BCUT2D eigenvalue weighted by Crippen LogP contribution is 2.30. The highest BCUT2D eigenvalue weighted by atomic mass is 35.5. The number of methoxy groups -OCH3 is 1. The van der Waals surface area contributed by atoms with Crippen molar-refractivity contribution in [3.8, 4) is 17.2 Å². The molecule has 1 aliphatic rings. The minimum atomic E-state index is -0.0952. The molecule has 8 nitrogen and oxygen atoms in total. The van der Waals surface area contributed by atoms with E-state index in [0.29, 0.717) is 54.9 Å². The van der Waals surface area contributed by atoms with Crippen molar-refractivity contribution in [2.24, 2.45) is 0 Å².